The second-order valence-electron chi connectivity index (χ2n) is 5.24. The average Bonchev–Trinajstić information content (AvgIpc) is 2.82. The summed E-state index contributed by atoms with van der Waals surface area (Å²) in [6, 6.07) is 0. The van der Waals surface area contributed by atoms with E-state index in [9.17, 15) is 14.4 Å². The summed E-state index contributed by atoms with van der Waals surface area (Å²) >= 11 is 1.66. The largest absolute Gasteiger partial charge is 0.462 e. The molecule has 0 bridgehead atoms. The molecule has 1 heterocycles. The van der Waals surface area contributed by atoms with Crippen molar-refractivity contribution in [2.45, 2.75) is 64.3 Å². The molecule has 1 aliphatic rings. The zero-order valence-electron chi connectivity index (χ0n) is 13.9. The van der Waals surface area contributed by atoms with Gasteiger partial charge >= 0.3 is 17.9 Å². The normalized spacial score (nSPS) is 24.8. The summed E-state index contributed by atoms with van der Waals surface area (Å²) in [4.78, 5) is 33.5. The predicted molar refractivity (Wildman–Crippen MR) is 83.8 cm³/mol. The Kier molecular flexibility index (Phi) is 8.40. The van der Waals surface area contributed by atoms with Gasteiger partial charge in [-0.1, -0.05) is 6.92 Å². The molecule has 0 N–H and O–H groups in total. The molecule has 1 rings (SSSR count). The Morgan fingerprint density at radius 3 is 2.39 bits per heavy atom. The minimum Gasteiger partial charge on any atom is -0.462 e. The Bertz CT molecular complexity index is 426. The fourth-order valence-electron chi connectivity index (χ4n) is 2.27. The van der Waals surface area contributed by atoms with Crippen molar-refractivity contribution in [1.82, 2.24) is 0 Å². The minimum absolute atomic E-state index is 0.0146. The fourth-order valence-corrected chi connectivity index (χ4v) is 3.53. The van der Waals surface area contributed by atoms with Crippen LogP contribution in [0.3, 0.4) is 0 Å². The van der Waals surface area contributed by atoms with Crippen molar-refractivity contribution in [3.8, 4) is 0 Å². The van der Waals surface area contributed by atoms with E-state index in [1.54, 1.807) is 11.8 Å². The van der Waals surface area contributed by atoms with Crippen molar-refractivity contribution in [2.24, 2.45) is 0 Å². The molecule has 0 aromatic heterocycles. The Hall–Kier alpha value is -1.28. The third-order valence-corrected chi connectivity index (χ3v) is 4.60. The molecule has 0 spiro atoms. The van der Waals surface area contributed by atoms with Crippen LogP contribution in [0.4, 0.5) is 0 Å². The Morgan fingerprint density at radius 2 is 1.87 bits per heavy atom. The van der Waals surface area contributed by atoms with Crippen molar-refractivity contribution in [3.63, 3.8) is 0 Å². The summed E-state index contributed by atoms with van der Waals surface area (Å²) in [5.41, 5.74) is 0. The molecular weight excluding hydrogens is 324 g/mol. The number of ether oxygens (including phenoxy) is 4. The van der Waals surface area contributed by atoms with E-state index in [0.29, 0.717) is 6.42 Å². The topological polar surface area (TPSA) is 88.1 Å². The molecule has 0 saturated carbocycles. The first-order valence-electron chi connectivity index (χ1n) is 7.58. The first-order valence-corrected chi connectivity index (χ1v) is 8.63. The Morgan fingerprint density at radius 1 is 1.17 bits per heavy atom. The molecule has 23 heavy (non-hydrogen) atoms. The lowest BCUT2D eigenvalue weighted by atomic mass is 10.1. The summed E-state index contributed by atoms with van der Waals surface area (Å²) in [6.07, 6.45) is -0.422. The summed E-state index contributed by atoms with van der Waals surface area (Å²) in [5, 5.41) is -0.0146. The van der Waals surface area contributed by atoms with Crippen molar-refractivity contribution in [3.05, 3.63) is 0 Å². The molecule has 1 saturated heterocycles. The quantitative estimate of drug-likeness (QED) is 0.483. The van der Waals surface area contributed by atoms with Crippen LogP contribution in [0, 0.1) is 0 Å². The molecule has 0 aliphatic carbocycles. The zero-order chi connectivity index (χ0) is 17.4. The van der Waals surface area contributed by atoms with Gasteiger partial charge in [-0.25, -0.2) is 0 Å². The van der Waals surface area contributed by atoms with Crippen LogP contribution >= 0.6 is 11.8 Å². The van der Waals surface area contributed by atoms with E-state index in [2.05, 4.69) is 6.92 Å². The van der Waals surface area contributed by atoms with Crippen molar-refractivity contribution in [1.29, 1.82) is 0 Å². The SMILES string of the molecule is CCCS[C@@H]1CC(OC(C)=O)O[C@@H]1[C@@H](COC(C)=O)OC(C)=O. The van der Waals surface area contributed by atoms with Gasteiger partial charge in [0.05, 0.1) is 0 Å². The average molecular weight is 348 g/mol. The van der Waals surface area contributed by atoms with Gasteiger partial charge < -0.3 is 18.9 Å². The van der Waals surface area contributed by atoms with Gasteiger partial charge in [0.1, 0.15) is 12.7 Å². The first kappa shape index (κ1) is 19.8. The van der Waals surface area contributed by atoms with E-state index in [1.807, 2.05) is 0 Å². The summed E-state index contributed by atoms with van der Waals surface area (Å²) in [7, 11) is 0. The van der Waals surface area contributed by atoms with Gasteiger partial charge in [0.25, 0.3) is 0 Å². The Labute approximate surface area is 140 Å². The van der Waals surface area contributed by atoms with Gasteiger partial charge in [0.2, 0.25) is 6.29 Å². The first-order chi connectivity index (χ1) is 10.8. The van der Waals surface area contributed by atoms with E-state index in [0.717, 1.165) is 12.2 Å². The third kappa shape index (κ3) is 7.22. The van der Waals surface area contributed by atoms with E-state index < -0.39 is 36.4 Å². The number of esters is 3. The third-order valence-electron chi connectivity index (χ3n) is 3.07. The van der Waals surface area contributed by atoms with Crippen molar-refractivity contribution >= 4 is 29.7 Å². The van der Waals surface area contributed by atoms with E-state index >= 15 is 0 Å². The summed E-state index contributed by atoms with van der Waals surface area (Å²) in [6.45, 7) is 5.85. The van der Waals surface area contributed by atoms with Crippen LogP contribution < -0.4 is 0 Å². The van der Waals surface area contributed by atoms with Crippen LogP contribution in [-0.4, -0.2) is 54.0 Å². The molecule has 0 aromatic carbocycles. The molecule has 4 atom stereocenters. The number of thioether (sulfide) groups is 1. The monoisotopic (exact) mass is 348 g/mol. The number of hydrogen-bond donors (Lipinski definition) is 0. The summed E-state index contributed by atoms with van der Waals surface area (Å²) < 4.78 is 21.1. The van der Waals surface area contributed by atoms with Crippen LogP contribution in [0.15, 0.2) is 0 Å². The molecule has 0 aromatic rings. The highest BCUT2D eigenvalue weighted by Crippen LogP contribution is 2.34. The smallest absolute Gasteiger partial charge is 0.304 e. The molecular formula is C15H24O7S. The highest BCUT2D eigenvalue weighted by molar-refractivity contribution is 7.99. The second kappa shape index (κ2) is 9.77. The molecule has 1 fully saturated rings. The highest BCUT2D eigenvalue weighted by Gasteiger charge is 2.43. The van der Waals surface area contributed by atoms with Gasteiger partial charge in [-0.15, -0.1) is 0 Å². The molecule has 0 amide bonds. The van der Waals surface area contributed by atoms with Crippen molar-refractivity contribution < 1.29 is 33.3 Å². The maximum absolute atomic E-state index is 11.3. The molecule has 1 aliphatic heterocycles. The standard InChI is InChI=1S/C15H24O7S/c1-5-6-23-13-7-14(21-11(4)18)22-15(13)12(20-10(3)17)8-19-9(2)16/h12-15H,5-8H2,1-4H3/t12-,13-,14?,15-/m1/s1. The molecule has 132 valence electrons. The lowest BCUT2D eigenvalue weighted by Gasteiger charge is -2.26. The number of rotatable bonds is 8. The number of carbonyl (C=O) groups is 3. The second-order valence-corrected chi connectivity index (χ2v) is 6.58. The van der Waals surface area contributed by atoms with Crippen LogP contribution in [0.5, 0.6) is 0 Å². The maximum atomic E-state index is 11.3. The lowest BCUT2D eigenvalue weighted by molar-refractivity contribution is -0.189. The van der Waals surface area contributed by atoms with Crippen LogP contribution in [0.25, 0.3) is 0 Å². The van der Waals surface area contributed by atoms with Crippen LogP contribution in [0.2, 0.25) is 0 Å². The van der Waals surface area contributed by atoms with Gasteiger partial charge in [-0.05, 0) is 12.2 Å². The Balaban J connectivity index is 2.81. The number of hydrogen-bond acceptors (Lipinski definition) is 8. The van der Waals surface area contributed by atoms with Crippen LogP contribution in [-0.2, 0) is 33.3 Å². The van der Waals surface area contributed by atoms with Gasteiger partial charge in [-0.2, -0.15) is 11.8 Å². The highest BCUT2D eigenvalue weighted by atomic mass is 32.2. The van der Waals surface area contributed by atoms with E-state index in [1.165, 1.54) is 20.8 Å². The molecule has 1 unspecified atom stereocenters. The zero-order valence-corrected chi connectivity index (χ0v) is 14.7. The number of carbonyl (C=O) groups excluding carboxylic acids is 3. The van der Waals surface area contributed by atoms with Gasteiger partial charge in [-0.3, -0.25) is 14.4 Å². The van der Waals surface area contributed by atoms with Gasteiger partial charge in [0, 0.05) is 32.4 Å². The molecule has 8 heteroatoms. The molecule has 7 nitrogen and oxygen atoms in total. The minimum atomic E-state index is -0.730. The lowest BCUT2D eigenvalue weighted by Crippen LogP contribution is -2.40. The van der Waals surface area contributed by atoms with E-state index in [-0.39, 0.29) is 11.9 Å². The molecule has 0 radical (unpaired) electrons. The maximum Gasteiger partial charge on any atom is 0.304 e. The summed E-state index contributed by atoms with van der Waals surface area (Å²) in [5.74, 6) is -0.480. The van der Waals surface area contributed by atoms with Crippen molar-refractivity contribution in [2.75, 3.05) is 12.4 Å². The predicted octanol–water partition coefficient (Wildman–Crippen LogP) is 1.67. The fraction of sp³-hybridized carbons (Fsp3) is 0.800. The van der Waals surface area contributed by atoms with Gasteiger partial charge in [0.15, 0.2) is 6.10 Å². The van der Waals surface area contributed by atoms with Crippen LogP contribution in [0.1, 0.15) is 40.5 Å². The van der Waals surface area contributed by atoms with E-state index in [4.69, 9.17) is 18.9 Å².